The summed E-state index contributed by atoms with van der Waals surface area (Å²) in [5.74, 6) is -1.97. The van der Waals surface area contributed by atoms with E-state index in [4.69, 9.17) is 9.52 Å². The SMILES string of the molecule is CCCCCC=CC=C(C)C(=O)c1c(O)cc([C@H](C)CCC=CC(=O)O)oc1=O. The Labute approximate surface area is 171 Å². The number of hydrogen-bond donors (Lipinski definition) is 2. The molecule has 0 aliphatic carbocycles. The van der Waals surface area contributed by atoms with E-state index in [2.05, 4.69) is 6.92 Å². The van der Waals surface area contributed by atoms with Gasteiger partial charge in [-0.15, -0.1) is 0 Å². The first-order valence-electron chi connectivity index (χ1n) is 9.92. The number of aromatic hydroxyl groups is 1. The first-order chi connectivity index (χ1) is 13.8. The molecule has 0 aliphatic heterocycles. The van der Waals surface area contributed by atoms with Gasteiger partial charge in [0, 0.05) is 18.1 Å². The lowest BCUT2D eigenvalue weighted by atomic mass is 9.99. The maximum absolute atomic E-state index is 12.5. The largest absolute Gasteiger partial charge is 0.507 e. The van der Waals surface area contributed by atoms with Gasteiger partial charge in [0.05, 0.1) is 0 Å². The molecule has 1 aromatic heterocycles. The number of carboxylic acid groups (broad SMARTS) is 1. The molecule has 1 atom stereocenters. The van der Waals surface area contributed by atoms with E-state index >= 15 is 0 Å². The van der Waals surface area contributed by atoms with Crippen LogP contribution in [-0.2, 0) is 4.79 Å². The van der Waals surface area contributed by atoms with Crippen LogP contribution < -0.4 is 5.63 Å². The van der Waals surface area contributed by atoms with Gasteiger partial charge in [0.15, 0.2) is 5.78 Å². The summed E-state index contributed by atoms with van der Waals surface area (Å²) in [6, 6.07) is 1.29. The van der Waals surface area contributed by atoms with Crippen LogP contribution in [0.3, 0.4) is 0 Å². The number of Topliss-reactive ketones (excluding diaryl/α,β-unsaturated/α-hetero) is 1. The zero-order valence-corrected chi connectivity index (χ0v) is 17.3. The fraction of sp³-hybridized carbons (Fsp3) is 0.435. The highest BCUT2D eigenvalue weighted by Crippen LogP contribution is 2.25. The Hall–Kier alpha value is -2.89. The van der Waals surface area contributed by atoms with Crippen LogP contribution in [0.4, 0.5) is 0 Å². The van der Waals surface area contributed by atoms with E-state index in [0.717, 1.165) is 31.8 Å². The van der Waals surface area contributed by atoms with Crippen molar-refractivity contribution in [1.29, 1.82) is 0 Å². The average Bonchev–Trinajstić information content (AvgIpc) is 2.66. The lowest BCUT2D eigenvalue weighted by molar-refractivity contribution is -0.131. The number of unbranched alkanes of at least 4 members (excludes halogenated alkanes) is 3. The molecule has 0 saturated carbocycles. The second-order valence-corrected chi connectivity index (χ2v) is 7.02. The Balaban J connectivity index is 2.86. The third kappa shape index (κ3) is 8.34. The molecular formula is C23H30O6. The van der Waals surface area contributed by atoms with Crippen LogP contribution in [0.1, 0.15) is 81.3 Å². The van der Waals surface area contributed by atoms with Crippen LogP contribution in [0, 0.1) is 0 Å². The monoisotopic (exact) mass is 402 g/mol. The third-order valence-corrected chi connectivity index (χ3v) is 4.50. The van der Waals surface area contributed by atoms with Crippen molar-refractivity contribution in [1.82, 2.24) is 0 Å². The van der Waals surface area contributed by atoms with Crippen LogP contribution in [0.5, 0.6) is 5.75 Å². The first-order valence-corrected chi connectivity index (χ1v) is 9.92. The fourth-order valence-electron chi connectivity index (χ4n) is 2.72. The number of carbonyl (C=O) groups is 2. The minimum absolute atomic E-state index is 0.223. The van der Waals surface area contributed by atoms with E-state index in [1.54, 1.807) is 26.0 Å². The summed E-state index contributed by atoms with van der Waals surface area (Å²) in [4.78, 5) is 35.3. The molecule has 1 aromatic rings. The molecule has 0 amide bonds. The van der Waals surface area contributed by atoms with Crippen LogP contribution in [0.25, 0.3) is 0 Å². The molecule has 158 valence electrons. The van der Waals surface area contributed by atoms with Crippen molar-refractivity contribution in [3.8, 4) is 5.75 Å². The van der Waals surface area contributed by atoms with E-state index in [1.807, 2.05) is 6.08 Å². The zero-order valence-electron chi connectivity index (χ0n) is 17.3. The highest BCUT2D eigenvalue weighted by Gasteiger charge is 2.21. The van der Waals surface area contributed by atoms with Crippen molar-refractivity contribution in [3.05, 3.63) is 63.8 Å². The molecule has 0 spiro atoms. The maximum Gasteiger partial charge on any atom is 0.351 e. The summed E-state index contributed by atoms with van der Waals surface area (Å²) in [5.41, 5.74) is -0.920. The highest BCUT2D eigenvalue weighted by atomic mass is 16.4. The van der Waals surface area contributed by atoms with Crippen LogP contribution in [0.2, 0.25) is 0 Å². The number of carboxylic acids is 1. The van der Waals surface area contributed by atoms with Crippen molar-refractivity contribution in [2.24, 2.45) is 0 Å². The number of allylic oxidation sites excluding steroid dienone is 5. The summed E-state index contributed by atoms with van der Waals surface area (Å²) in [5, 5.41) is 18.8. The Bertz CT molecular complexity index is 841. The van der Waals surface area contributed by atoms with Gasteiger partial charge < -0.3 is 14.6 Å². The third-order valence-electron chi connectivity index (χ3n) is 4.50. The minimum Gasteiger partial charge on any atom is -0.507 e. The standard InChI is InChI=1S/C23H30O6/c1-4-5-6-7-8-9-13-17(3)22(27)21-18(24)15-19(29-23(21)28)16(2)12-10-11-14-20(25)26/h8-9,11,13-16,24H,4-7,10,12H2,1-3H3,(H,25,26)/t16-/m1/s1. The normalized spacial score (nSPS) is 13.3. The number of rotatable bonds is 12. The van der Waals surface area contributed by atoms with Gasteiger partial charge in [0.1, 0.15) is 17.1 Å². The predicted octanol–water partition coefficient (Wildman–Crippen LogP) is 5.14. The molecule has 0 aliphatic rings. The molecule has 2 N–H and O–H groups in total. The van der Waals surface area contributed by atoms with Crippen LogP contribution in [-0.4, -0.2) is 22.0 Å². The van der Waals surface area contributed by atoms with Gasteiger partial charge in [-0.3, -0.25) is 4.79 Å². The first kappa shape index (κ1) is 24.1. The molecule has 0 saturated heterocycles. The van der Waals surface area contributed by atoms with E-state index in [-0.39, 0.29) is 17.2 Å². The second-order valence-electron chi connectivity index (χ2n) is 7.02. The van der Waals surface area contributed by atoms with E-state index in [1.165, 1.54) is 12.1 Å². The Morgan fingerprint density at radius 3 is 2.55 bits per heavy atom. The molecule has 0 radical (unpaired) electrons. The highest BCUT2D eigenvalue weighted by molar-refractivity contribution is 6.09. The molecule has 6 nitrogen and oxygen atoms in total. The molecule has 29 heavy (non-hydrogen) atoms. The van der Waals surface area contributed by atoms with Crippen molar-refractivity contribution < 1.29 is 24.2 Å². The topological polar surface area (TPSA) is 105 Å². The molecule has 0 unspecified atom stereocenters. The van der Waals surface area contributed by atoms with Crippen molar-refractivity contribution in [2.45, 2.75) is 65.2 Å². The minimum atomic E-state index is -1.02. The summed E-state index contributed by atoms with van der Waals surface area (Å²) in [6.45, 7) is 5.51. The summed E-state index contributed by atoms with van der Waals surface area (Å²) < 4.78 is 5.25. The number of aliphatic carboxylic acids is 1. The summed E-state index contributed by atoms with van der Waals surface area (Å²) >= 11 is 0. The molecule has 0 bridgehead atoms. The Morgan fingerprint density at radius 2 is 1.93 bits per heavy atom. The van der Waals surface area contributed by atoms with Gasteiger partial charge in [-0.25, -0.2) is 9.59 Å². The lowest BCUT2D eigenvalue weighted by Gasteiger charge is -2.10. The second kappa shape index (κ2) is 12.5. The van der Waals surface area contributed by atoms with Gasteiger partial charge >= 0.3 is 11.6 Å². The van der Waals surface area contributed by atoms with Crippen molar-refractivity contribution in [3.63, 3.8) is 0 Å². The fourth-order valence-corrected chi connectivity index (χ4v) is 2.72. The number of hydrogen-bond acceptors (Lipinski definition) is 5. The molecule has 1 heterocycles. The molecule has 6 heteroatoms. The van der Waals surface area contributed by atoms with E-state index in [9.17, 15) is 19.5 Å². The lowest BCUT2D eigenvalue weighted by Crippen LogP contribution is -2.16. The van der Waals surface area contributed by atoms with Crippen LogP contribution >= 0.6 is 0 Å². The van der Waals surface area contributed by atoms with Gasteiger partial charge in [0.2, 0.25) is 0 Å². The van der Waals surface area contributed by atoms with Crippen molar-refractivity contribution >= 4 is 11.8 Å². The van der Waals surface area contributed by atoms with Crippen molar-refractivity contribution in [2.75, 3.05) is 0 Å². The van der Waals surface area contributed by atoms with Crippen LogP contribution in [0.15, 0.2) is 51.2 Å². The molecular weight excluding hydrogens is 372 g/mol. The van der Waals surface area contributed by atoms with E-state index < -0.39 is 23.1 Å². The Morgan fingerprint density at radius 1 is 1.21 bits per heavy atom. The molecule has 0 fully saturated rings. The summed E-state index contributed by atoms with van der Waals surface area (Å²) in [6.07, 6.45) is 13.3. The predicted molar refractivity (Wildman–Crippen MR) is 112 cm³/mol. The van der Waals surface area contributed by atoms with Gasteiger partial charge in [0.25, 0.3) is 0 Å². The van der Waals surface area contributed by atoms with Gasteiger partial charge in [-0.2, -0.15) is 0 Å². The molecule has 1 rings (SSSR count). The smallest absolute Gasteiger partial charge is 0.351 e. The Kier molecular flexibility index (Phi) is 10.4. The average molecular weight is 402 g/mol. The maximum atomic E-state index is 12.5. The molecule has 0 aromatic carbocycles. The summed E-state index contributed by atoms with van der Waals surface area (Å²) in [7, 11) is 0. The van der Waals surface area contributed by atoms with Gasteiger partial charge in [-0.1, -0.05) is 51.0 Å². The number of ketones is 1. The van der Waals surface area contributed by atoms with Gasteiger partial charge in [-0.05, 0) is 38.2 Å². The zero-order chi connectivity index (χ0) is 21.8. The number of carbonyl (C=O) groups excluding carboxylic acids is 1. The van der Waals surface area contributed by atoms with E-state index in [0.29, 0.717) is 18.4 Å². The quantitative estimate of drug-likeness (QED) is 0.217.